The second kappa shape index (κ2) is 5.29. The van der Waals surface area contributed by atoms with Gasteiger partial charge in [-0.25, -0.2) is 0 Å². The second-order valence-electron chi connectivity index (χ2n) is 9.68. The minimum Gasteiger partial charge on any atom is -0.299 e. The number of carbonyl (C=O) groups is 2. The van der Waals surface area contributed by atoms with Gasteiger partial charge in [-0.15, -0.1) is 0 Å². The Morgan fingerprint density at radius 1 is 1.21 bits per heavy atom. The van der Waals surface area contributed by atoms with Crippen molar-refractivity contribution in [2.75, 3.05) is 0 Å². The summed E-state index contributed by atoms with van der Waals surface area (Å²) in [6.45, 7) is 9.31. The van der Waals surface area contributed by atoms with Crippen molar-refractivity contribution < 1.29 is 9.59 Å². The zero-order chi connectivity index (χ0) is 17.3. The third-order valence-electron chi connectivity index (χ3n) is 8.65. The van der Waals surface area contributed by atoms with Gasteiger partial charge in [0.2, 0.25) is 0 Å². The van der Waals surface area contributed by atoms with E-state index in [2.05, 4.69) is 33.8 Å². The topological polar surface area (TPSA) is 34.1 Å². The molecule has 3 saturated carbocycles. The van der Waals surface area contributed by atoms with Crippen LogP contribution in [0.15, 0.2) is 11.6 Å². The Morgan fingerprint density at radius 3 is 2.67 bits per heavy atom. The van der Waals surface area contributed by atoms with Crippen molar-refractivity contribution in [1.29, 1.82) is 0 Å². The van der Waals surface area contributed by atoms with Crippen LogP contribution in [0.3, 0.4) is 0 Å². The van der Waals surface area contributed by atoms with E-state index in [-0.39, 0.29) is 16.7 Å². The molecule has 0 amide bonds. The smallest absolute Gasteiger partial charge is 0.137 e. The maximum atomic E-state index is 13.4. The summed E-state index contributed by atoms with van der Waals surface area (Å²) in [6, 6.07) is 0. The molecular weight excluding hydrogens is 296 g/mol. The number of carbonyl (C=O) groups excluding carboxylic acids is 2. The van der Waals surface area contributed by atoms with Crippen LogP contribution in [0.4, 0.5) is 0 Å². The fourth-order valence-electron chi connectivity index (χ4n) is 7.40. The van der Waals surface area contributed by atoms with E-state index in [1.165, 1.54) is 24.8 Å². The number of hydrogen-bond acceptors (Lipinski definition) is 2. The average Bonchev–Trinajstić information content (AvgIpc) is 2.84. The molecule has 2 nitrogen and oxygen atoms in total. The highest BCUT2D eigenvalue weighted by molar-refractivity contribution is 5.88. The summed E-state index contributed by atoms with van der Waals surface area (Å²) in [4.78, 5) is 25.4. The number of fused-ring (bicyclic) bond motifs is 5. The molecule has 0 bridgehead atoms. The van der Waals surface area contributed by atoms with E-state index in [0.29, 0.717) is 48.1 Å². The van der Waals surface area contributed by atoms with Gasteiger partial charge in [-0.1, -0.05) is 45.8 Å². The molecule has 4 aliphatic rings. The molecule has 0 N–H and O–H groups in total. The molecule has 0 radical (unpaired) electrons. The van der Waals surface area contributed by atoms with Gasteiger partial charge in [-0.3, -0.25) is 9.59 Å². The highest BCUT2D eigenvalue weighted by Gasteiger charge is 2.62. The molecule has 2 heteroatoms. The van der Waals surface area contributed by atoms with Crippen LogP contribution < -0.4 is 0 Å². The lowest BCUT2D eigenvalue weighted by molar-refractivity contribution is -0.148. The Kier molecular flexibility index (Phi) is 3.64. The van der Waals surface area contributed by atoms with Gasteiger partial charge < -0.3 is 0 Å². The molecule has 0 aromatic heterocycles. The highest BCUT2D eigenvalue weighted by Crippen LogP contribution is 2.66. The van der Waals surface area contributed by atoms with Crippen molar-refractivity contribution >= 4 is 11.6 Å². The van der Waals surface area contributed by atoms with E-state index in [1.54, 1.807) is 0 Å². The third-order valence-corrected chi connectivity index (χ3v) is 8.65. The first kappa shape index (κ1) is 16.5. The van der Waals surface area contributed by atoms with Crippen LogP contribution in [0, 0.1) is 40.4 Å². The summed E-state index contributed by atoms with van der Waals surface area (Å²) >= 11 is 0. The number of Topliss-reactive ketones (excluding diaryl/α,β-unsaturated/α-hetero) is 2. The van der Waals surface area contributed by atoms with Crippen molar-refractivity contribution in [3.05, 3.63) is 11.6 Å². The van der Waals surface area contributed by atoms with Gasteiger partial charge >= 0.3 is 0 Å². The summed E-state index contributed by atoms with van der Waals surface area (Å²) in [5, 5.41) is 0. The van der Waals surface area contributed by atoms with Crippen LogP contribution in [-0.4, -0.2) is 11.6 Å². The van der Waals surface area contributed by atoms with Crippen LogP contribution in [0.25, 0.3) is 0 Å². The average molecular weight is 328 g/mol. The van der Waals surface area contributed by atoms with E-state index >= 15 is 0 Å². The Labute approximate surface area is 146 Å². The predicted molar refractivity (Wildman–Crippen MR) is 95.4 cm³/mol. The maximum Gasteiger partial charge on any atom is 0.137 e. The number of ketones is 2. The molecule has 4 rings (SSSR count). The lowest BCUT2D eigenvalue weighted by Gasteiger charge is -2.58. The summed E-state index contributed by atoms with van der Waals surface area (Å²) in [5.74, 6) is 3.37. The molecule has 0 aliphatic heterocycles. The molecule has 4 aliphatic carbocycles. The highest BCUT2D eigenvalue weighted by atomic mass is 16.1. The lowest BCUT2D eigenvalue weighted by Crippen LogP contribution is -2.56. The first-order chi connectivity index (χ1) is 11.3. The van der Waals surface area contributed by atoms with Crippen molar-refractivity contribution in [3.8, 4) is 0 Å². The molecule has 24 heavy (non-hydrogen) atoms. The first-order valence-electron chi connectivity index (χ1n) is 10.1. The van der Waals surface area contributed by atoms with E-state index in [1.807, 2.05) is 0 Å². The Bertz CT molecular complexity index is 617. The van der Waals surface area contributed by atoms with Gasteiger partial charge in [0.05, 0.1) is 0 Å². The molecule has 3 unspecified atom stereocenters. The molecule has 0 saturated heterocycles. The minimum absolute atomic E-state index is 0.0478. The fraction of sp³-hybridized carbons (Fsp3) is 0.818. The second-order valence-corrected chi connectivity index (χ2v) is 9.68. The van der Waals surface area contributed by atoms with Crippen molar-refractivity contribution in [2.45, 2.75) is 72.6 Å². The number of hydrogen-bond donors (Lipinski definition) is 0. The molecular formula is C22H32O2. The van der Waals surface area contributed by atoms with Crippen LogP contribution in [-0.2, 0) is 9.59 Å². The van der Waals surface area contributed by atoms with Crippen LogP contribution >= 0.6 is 0 Å². The van der Waals surface area contributed by atoms with Crippen LogP contribution in [0.1, 0.15) is 72.6 Å². The summed E-state index contributed by atoms with van der Waals surface area (Å²) in [7, 11) is 0. The molecule has 0 aromatic carbocycles. The molecule has 132 valence electrons. The van der Waals surface area contributed by atoms with Crippen LogP contribution in [0.5, 0.6) is 0 Å². The van der Waals surface area contributed by atoms with Gasteiger partial charge in [-0.2, -0.15) is 0 Å². The van der Waals surface area contributed by atoms with Gasteiger partial charge in [0.25, 0.3) is 0 Å². The summed E-state index contributed by atoms with van der Waals surface area (Å²) in [5.41, 5.74) is 1.45. The Balaban J connectivity index is 1.79. The number of allylic oxidation sites excluding steroid dienone is 2. The van der Waals surface area contributed by atoms with Crippen molar-refractivity contribution in [2.24, 2.45) is 40.4 Å². The van der Waals surface area contributed by atoms with E-state index in [9.17, 15) is 9.59 Å². The lowest BCUT2D eigenvalue weighted by atomic mass is 9.45. The van der Waals surface area contributed by atoms with E-state index in [4.69, 9.17) is 0 Å². The van der Waals surface area contributed by atoms with Crippen molar-refractivity contribution in [3.63, 3.8) is 0 Å². The normalized spacial score (nSPS) is 50.8. The third kappa shape index (κ3) is 2.01. The summed E-state index contributed by atoms with van der Waals surface area (Å²) < 4.78 is 0. The molecule has 7 atom stereocenters. The number of rotatable bonds is 1. The minimum atomic E-state index is -0.0478. The maximum absolute atomic E-state index is 13.4. The monoisotopic (exact) mass is 328 g/mol. The standard InChI is InChI=1S/C22H32O2/c1-5-14-6-7-17-19-13(2)10-15-11-16(23)8-9-21(15,3)20(19)18(24)12-22(14,17)4/h10,13-14,17,19-20H,5-9,11-12H2,1-4H3/t13-,14+,17?,19?,20?,21+,22-/m1/s1. The largest absolute Gasteiger partial charge is 0.299 e. The zero-order valence-electron chi connectivity index (χ0n) is 15.7. The van der Waals surface area contributed by atoms with Gasteiger partial charge in [0.15, 0.2) is 0 Å². The SMILES string of the molecule is CC[C@H]1CCC2C3C(C(=O)C[C@@]21C)[C@@]1(C)CCC(=O)CC1=C[C@H]3C. The zero-order valence-corrected chi connectivity index (χ0v) is 15.7. The first-order valence-corrected chi connectivity index (χ1v) is 10.1. The van der Waals surface area contributed by atoms with Gasteiger partial charge in [0, 0.05) is 25.2 Å². The van der Waals surface area contributed by atoms with Gasteiger partial charge in [0.1, 0.15) is 11.6 Å². The van der Waals surface area contributed by atoms with Gasteiger partial charge in [-0.05, 0) is 53.8 Å². The van der Waals surface area contributed by atoms with Crippen molar-refractivity contribution in [1.82, 2.24) is 0 Å². The Morgan fingerprint density at radius 2 is 1.96 bits per heavy atom. The molecule has 0 spiro atoms. The molecule has 0 heterocycles. The van der Waals surface area contributed by atoms with Crippen LogP contribution in [0.2, 0.25) is 0 Å². The van der Waals surface area contributed by atoms with E-state index < -0.39 is 0 Å². The molecule has 0 aromatic rings. The summed E-state index contributed by atoms with van der Waals surface area (Å²) in [6.07, 6.45) is 9.13. The Hall–Kier alpha value is -0.920. The molecule has 3 fully saturated rings. The van der Waals surface area contributed by atoms with E-state index in [0.717, 1.165) is 12.8 Å². The predicted octanol–water partition coefficient (Wildman–Crippen LogP) is 4.97. The quantitative estimate of drug-likeness (QED) is 0.637. The fourth-order valence-corrected chi connectivity index (χ4v) is 7.40.